The van der Waals surface area contributed by atoms with Gasteiger partial charge in [0, 0.05) is 50.2 Å². The molecule has 1 atom stereocenters. The van der Waals surface area contributed by atoms with E-state index in [1.54, 1.807) is 6.20 Å². The van der Waals surface area contributed by atoms with Crippen LogP contribution in [-0.4, -0.2) is 66.3 Å². The van der Waals surface area contributed by atoms with E-state index in [0.29, 0.717) is 13.0 Å². The van der Waals surface area contributed by atoms with Crippen molar-refractivity contribution >= 4 is 15.7 Å². The molecule has 1 aromatic rings. The summed E-state index contributed by atoms with van der Waals surface area (Å²) in [7, 11) is -3.06. The minimum atomic E-state index is -3.06. The average Bonchev–Trinajstić information content (AvgIpc) is 2.73. The minimum absolute atomic E-state index is 0.0554. The van der Waals surface area contributed by atoms with Crippen molar-refractivity contribution in [3.05, 3.63) is 30.1 Å². The van der Waals surface area contributed by atoms with Crippen LogP contribution in [-0.2, 0) is 21.2 Å². The monoisotopic (exact) mass is 365 g/mol. The lowest BCUT2D eigenvalue weighted by molar-refractivity contribution is -0.131. The Morgan fingerprint density at radius 3 is 2.80 bits per heavy atom. The van der Waals surface area contributed by atoms with Gasteiger partial charge in [-0.2, -0.15) is 0 Å². The van der Waals surface area contributed by atoms with Crippen LogP contribution in [0, 0.1) is 0 Å². The average molecular weight is 365 g/mol. The lowest BCUT2D eigenvalue weighted by Crippen LogP contribution is -2.48. The molecule has 7 heteroatoms. The van der Waals surface area contributed by atoms with Gasteiger partial charge in [0.15, 0.2) is 0 Å². The van der Waals surface area contributed by atoms with E-state index in [0.717, 1.165) is 45.3 Å². The zero-order valence-corrected chi connectivity index (χ0v) is 15.7. The molecule has 0 radical (unpaired) electrons. The van der Waals surface area contributed by atoms with Gasteiger partial charge in [0.2, 0.25) is 5.91 Å². The molecule has 0 bridgehead atoms. The number of aromatic nitrogens is 1. The normalized spacial score (nSPS) is 25.5. The Kier molecular flexibility index (Phi) is 5.43. The van der Waals surface area contributed by atoms with Crippen LogP contribution in [0.5, 0.6) is 0 Å². The van der Waals surface area contributed by atoms with Gasteiger partial charge in [-0.15, -0.1) is 0 Å². The zero-order valence-electron chi connectivity index (χ0n) is 14.9. The van der Waals surface area contributed by atoms with Crippen molar-refractivity contribution in [1.82, 2.24) is 14.8 Å². The summed E-state index contributed by atoms with van der Waals surface area (Å²) in [5.74, 6) is 0.171. The van der Waals surface area contributed by atoms with Crippen molar-refractivity contribution in [2.24, 2.45) is 0 Å². The predicted molar refractivity (Wildman–Crippen MR) is 96.8 cm³/mol. The Hall–Kier alpha value is -1.47. The van der Waals surface area contributed by atoms with E-state index < -0.39 is 9.84 Å². The standard InChI is InChI=1S/C18H27N3O3S/c1-25(23,24)13-12-21-17(22)5-7-18(21)6-3-10-20(11-8-18)15-16-4-2-9-19-14-16/h2,4,9,14H,3,5-8,10-13,15H2,1H3. The highest BCUT2D eigenvalue weighted by atomic mass is 32.2. The molecule has 0 aliphatic carbocycles. The van der Waals surface area contributed by atoms with Crippen LogP contribution < -0.4 is 0 Å². The largest absolute Gasteiger partial charge is 0.336 e. The van der Waals surface area contributed by atoms with Crippen LogP contribution in [0.25, 0.3) is 0 Å². The maximum absolute atomic E-state index is 12.4. The Morgan fingerprint density at radius 1 is 1.24 bits per heavy atom. The molecule has 2 saturated heterocycles. The first kappa shape index (κ1) is 18.3. The molecule has 0 aromatic carbocycles. The fraction of sp³-hybridized carbons (Fsp3) is 0.667. The SMILES string of the molecule is CS(=O)(=O)CCN1C(=O)CCC12CCCN(Cc1cccnc1)CC2. The molecular weight excluding hydrogens is 338 g/mol. The summed E-state index contributed by atoms with van der Waals surface area (Å²) in [5.41, 5.74) is 1.06. The van der Waals surface area contributed by atoms with E-state index in [2.05, 4.69) is 16.0 Å². The number of carbonyl (C=O) groups excluding carboxylic acids is 1. The summed E-state index contributed by atoms with van der Waals surface area (Å²) < 4.78 is 23.1. The molecule has 1 spiro atoms. The second-order valence-corrected chi connectivity index (χ2v) is 9.65. The zero-order chi connectivity index (χ0) is 17.9. The number of likely N-dealkylation sites (tertiary alicyclic amines) is 2. The van der Waals surface area contributed by atoms with E-state index in [-0.39, 0.29) is 17.2 Å². The highest BCUT2D eigenvalue weighted by Crippen LogP contribution is 2.39. The number of rotatable bonds is 5. The van der Waals surface area contributed by atoms with Gasteiger partial charge in [-0.3, -0.25) is 14.7 Å². The molecule has 1 aromatic heterocycles. The maximum Gasteiger partial charge on any atom is 0.223 e. The second kappa shape index (κ2) is 7.41. The third kappa shape index (κ3) is 4.58. The first-order chi connectivity index (χ1) is 11.9. The van der Waals surface area contributed by atoms with Crippen molar-refractivity contribution in [2.75, 3.05) is 31.6 Å². The maximum atomic E-state index is 12.4. The second-order valence-electron chi connectivity index (χ2n) is 7.39. The van der Waals surface area contributed by atoms with E-state index in [9.17, 15) is 13.2 Å². The summed E-state index contributed by atoms with van der Waals surface area (Å²) in [6.45, 7) is 3.14. The van der Waals surface area contributed by atoms with Gasteiger partial charge < -0.3 is 4.90 Å². The lowest BCUT2D eigenvalue weighted by atomic mass is 9.88. The van der Waals surface area contributed by atoms with Gasteiger partial charge in [0.25, 0.3) is 0 Å². The van der Waals surface area contributed by atoms with Gasteiger partial charge >= 0.3 is 0 Å². The van der Waals surface area contributed by atoms with Crippen molar-refractivity contribution in [3.8, 4) is 0 Å². The molecule has 2 fully saturated rings. The molecule has 1 unspecified atom stereocenters. The van der Waals surface area contributed by atoms with E-state index in [1.807, 2.05) is 17.2 Å². The van der Waals surface area contributed by atoms with Gasteiger partial charge in [-0.05, 0) is 43.9 Å². The molecule has 3 rings (SSSR count). The molecule has 6 nitrogen and oxygen atoms in total. The van der Waals surface area contributed by atoms with Gasteiger partial charge in [-0.25, -0.2) is 8.42 Å². The van der Waals surface area contributed by atoms with Gasteiger partial charge in [0.05, 0.1) is 5.75 Å². The summed E-state index contributed by atoms with van der Waals surface area (Å²) in [5, 5.41) is 0. The van der Waals surface area contributed by atoms with Crippen molar-refractivity contribution in [2.45, 2.75) is 44.2 Å². The summed E-state index contributed by atoms with van der Waals surface area (Å²) in [4.78, 5) is 20.8. The molecule has 138 valence electrons. The van der Waals surface area contributed by atoms with Crippen molar-refractivity contribution in [3.63, 3.8) is 0 Å². The number of hydrogen-bond donors (Lipinski definition) is 0. The molecule has 3 heterocycles. The Bertz CT molecular complexity index is 708. The van der Waals surface area contributed by atoms with Crippen LogP contribution in [0.1, 0.15) is 37.7 Å². The molecular formula is C18H27N3O3S. The third-order valence-corrected chi connectivity index (χ3v) is 6.43. The molecule has 1 amide bonds. The summed E-state index contributed by atoms with van der Waals surface area (Å²) in [6.07, 6.45) is 9.24. The van der Waals surface area contributed by atoms with E-state index >= 15 is 0 Å². The first-order valence-corrected chi connectivity index (χ1v) is 11.0. The highest BCUT2D eigenvalue weighted by Gasteiger charge is 2.45. The molecule has 0 N–H and O–H groups in total. The van der Waals surface area contributed by atoms with Crippen LogP contribution >= 0.6 is 0 Å². The molecule has 2 aliphatic heterocycles. The number of amides is 1. The predicted octanol–water partition coefficient (Wildman–Crippen LogP) is 1.47. The number of hydrogen-bond acceptors (Lipinski definition) is 5. The van der Waals surface area contributed by atoms with E-state index in [1.165, 1.54) is 11.8 Å². The quantitative estimate of drug-likeness (QED) is 0.790. The molecule has 2 aliphatic rings. The Balaban J connectivity index is 1.66. The van der Waals surface area contributed by atoms with Crippen molar-refractivity contribution in [1.29, 1.82) is 0 Å². The molecule has 25 heavy (non-hydrogen) atoms. The first-order valence-electron chi connectivity index (χ1n) is 8.97. The van der Waals surface area contributed by atoms with Gasteiger partial charge in [-0.1, -0.05) is 6.07 Å². The smallest absolute Gasteiger partial charge is 0.223 e. The fourth-order valence-electron chi connectivity index (χ4n) is 4.16. The summed E-state index contributed by atoms with van der Waals surface area (Å²) in [6, 6.07) is 4.04. The topological polar surface area (TPSA) is 70.6 Å². The Morgan fingerprint density at radius 2 is 2.08 bits per heavy atom. The van der Waals surface area contributed by atoms with Crippen LogP contribution in [0.2, 0.25) is 0 Å². The number of sulfone groups is 1. The van der Waals surface area contributed by atoms with Gasteiger partial charge in [0.1, 0.15) is 9.84 Å². The van der Waals surface area contributed by atoms with Crippen molar-refractivity contribution < 1.29 is 13.2 Å². The lowest BCUT2D eigenvalue weighted by Gasteiger charge is -2.38. The summed E-state index contributed by atoms with van der Waals surface area (Å²) >= 11 is 0. The van der Waals surface area contributed by atoms with Crippen LogP contribution in [0.4, 0.5) is 0 Å². The van der Waals surface area contributed by atoms with Crippen LogP contribution in [0.15, 0.2) is 24.5 Å². The number of nitrogens with zero attached hydrogens (tertiary/aromatic N) is 3. The number of carbonyl (C=O) groups is 1. The highest BCUT2D eigenvalue weighted by molar-refractivity contribution is 7.90. The van der Waals surface area contributed by atoms with Crippen LogP contribution in [0.3, 0.4) is 0 Å². The van der Waals surface area contributed by atoms with E-state index in [4.69, 9.17) is 0 Å². The third-order valence-electron chi connectivity index (χ3n) is 5.50. The Labute approximate surface area is 150 Å². The molecule has 0 saturated carbocycles. The fourth-order valence-corrected chi connectivity index (χ4v) is 4.67. The minimum Gasteiger partial charge on any atom is -0.336 e. The number of pyridine rings is 1.